The lowest BCUT2D eigenvalue weighted by Crippen LogP contribution is -2.16. The normalized spacial score (nSPS) is 11.3. The van der Waals surface area contributed by atoms with E-state index >= 15 is 0 Å². The van der Waals surface area contributed by atoms with Crippen LogP contribution in [0.2, 0.25) is 5.02 Å². The highest BCUT2D eigenvalue weighted by Gasteiger charge is 2.14. The van der Waals surface area contributed by atoms with Gasteiger partial charge in [-0.05, 0) is 23.3 Å². The van der Waals surface area contributed by atoms with Gasteiger partial charge in [0.15, 0.2) is 5.82 Å². The third-order valence-corrected chi connectivity index (χ3v) is 4.15. The molecule has 1 heterocycles. The minimum atomic E-state index is -3.56. The van der Waals surface area contributed by atoms with E-state index in [4.69, 9.17) is 17.3 Å². The molecule has 2 aromatic rings. The summed E-state index contributed by atoms with van der Waals surface area (Å²) < 4.78 is 26.5. The van der Waals surface area contributed by atoms with Crippen molar-refractivity contribution in [3.63, 3.8) is 0 Å². The minimum absolute atomic E-state index is 0.132. The molecule has 0 unspecified atom stereocenters. The van der Waals surface area contributed by atoms with Gasteiger partial charge in [-0.25, -0.2) is 13.4 Å². The molecule has 0 bridgehead atoms. The number of rotatable bonds is 5. The van der Waals surface area contributed by atoms with Crippen molar-refractivity contribution in [2.45, 2.75) is 12.3 Å². The molecule has 0 fully saturated rings. The number of pyridine rings is 1. The quantitative estimate of drug-likeness (QED) is 0.886. The number of anilines is 1. The first kappa shape index (κ1) is 14.8. The molecule has 0 radical (unpaired) electrons. The molecule has 0 spiro atoms. The Labute approximate surface area is 122 Å². The van der Waals surface area contributed by atoms with E-state index < -0.39 is 10.0 Å². The summed E-state index contributed by atoms with van der Waals surface area (Å²) in [5.74, 6) is -0.0159. The summed E-state index contributed by atoms with van der Waals surface area (Å²) in [6, 6.07) is 10.3. The van der Waals surface area contributed by atoms with E-state index in [0.29, 0.717) is 12.1 Å². The Morgan fingerprint density at radius 3 is 2.40 bits per heavy atom. The van der Waals surface area contributed by atoms with Gasteiger partial charge in [0.25, 0.3) is 0 Å². The zero-order valence-electron chi connectivity index (χ0n) is 10.6. The third-order valence-electron chi connectivity index (χ3n) is 2.63. The molecule has 106 valence electrons. The van der Waals surface area contributed by atoms with Gasteiger partial charge in [-0.3, -0.25) is 4.72 Å². The second-order valence-corrected chi connectivity index (χ2v) is 6.35. The van der Waals surface area contributed by atoms with E-state index in [0.717, 1.165) is 5.56 Å². The van der Waals surface area contributed by atoms with E-state index in [2.05, 4.69) is 9.71 Å². The summed E-state index contributed by atoms with van der Waals surface area (Å²) in [6.07, 6.45) is 1.47. The van der Waals surface area contributed by atoms with E-state index in [9.17, 15) is 8.42 Å². The van der Waals surface area contributed by atoms with Gasteiger partial charge in [-0.15, -0.1) is 0 Å². The van der Waals surface area contributed by atoms with Crippen molar-refractivity contribution in [2.24, 2.45) is 5.73 Å². The Bertz CT molecular complexity index is 687. The number of aromatic nitrogens is 1. The van der Waals surface area contributed by atoms with Crippen LogP contribution in [-0.4, -0.2) is 13.4 Å². The maximum atomic E-state index is 12.0. The molecule has 1 aromatic carbocycles. The number of benzene rings is 1. The van der Waals surface area contributed by atoms with Gasteiger partial charge in [0, 0.05) is 12.7 Å². The van der Waals surface area contributed by atoms with Crippen LogP contribution in [0.15, 0.2) is 42.6 Å². The molecule has 20 heavy (non-hydrogen) atoms. The first-order valence-electron chi connectivity index (χ1n) is 5.89. The molecular weight excluding hydrogens is 298 g/mol. The molecule has 7 heteroatoms. The van der Waals surface area contributed by atoms with Crippen molar-refractivity contribution >= 4 is 27.4 Å². The number of nitrogens with zero attached hydrogens (tertiary/aromatic N) is 1. The highest BCUT2D eigenvalue weighted by molar-refractivity contribution is 7.91. The van der Waals surface area contributed by atoms with Gasteiger partial charge in [0.05, 0.1) is 10.8 Å². The number of halogens is 1. The molecular formula is C13H14ClN3O2S. The Morgan fingerprint density at radius 2 is 1.80 bits per heavy atom. The molecule has 0 aliphatic rings. The average Bonchev–Trinajstić information content (AvgIpc) is 2.41. The summed E-state index contributed by atoms with van der Waals surface area (Å²) >= 11 is 5.87. The monoisotopic (exact) mass is 311 g/mol. The van der Waals surface area contributed by atoms with Crippen LogP contribution < -0.4 is 10.5 Å². The average molecular weight is 312 g/mol. The van der Waals surface area contributed by atoms with Crippen LogP contribution in [0.5, 0.6) is 0 Å². The Balaban J connectivity index is 2.13. The zero-order valence-corrected chi connectivity index (χ0v) is 12.2. The number of nitrogens with two attached hydrogens (primary N) is 1. The lowest BCUT2D eigenvalue weighted by atomic mass is 10.1. The second-order valence-electron chi connectivity index (χ2n) is 4.22. The number of hydrogen-bond donors (Lipinski definition) is 2. The molecule has 2 rings (SSSR count). The van der Waals surface area contributed by atoms with E-state index in [1.54, 1.807) is 36.4 Å². The largest absolute Gasteiger partial charge is 0.326 e. The van der Waals surface area contributed by atoms with Crippen LogP contribution in [0.1, 0.15) is 11.1 Å². The van der Waals surface area contributed by atoms with Gasteiger partial charge in [-0.1, -0.05) is 35.9 Å². The maximum absolute atomic E-state index is 12.0. The van der Waals surface area contributed by atoms with Crippen LogP contribution in [0.3, 0.4) is 0 Å². The number of nitrogens with one attached hydrogen (secondary N) is 1. The molecule has 0 amide bonds. The second kappa shape index (κ2) is 6.21. The predicted molar refractivity (Wildman–Crippen MR) is 79.8 cm³/mol. The summed E-state index contributed by atoms with van der Waals surface area (Å²) in [5.41, 5.74) is 7.11. The molecule has 5 nitrogen and oxygen atoms in total. The van der Waals surface area contributed by atoms with Gasteiger partial charge in [-0.2, -0.15) is 0 Å². The maximum Gasteiger partial charge on any atom is 0.238 e. The van der Waals surface area contributed by atoms with Crippen LogP contribution >= 0.6 is 11.6 Å². The van der Waals surface area contributed by atoms with E-state index in [-0.39, 0.29) is 16.6 Å². The minimum Gasteiger partial charge on any atom is -0.326 e. The van der Waals surface area contributed by atoms with Crippen molar-refractivity contribution in [3.8, 4) is 0 Å². The molecule has 1 aromatic heterocycles. The summed E-state index contributed by atoms with van der Waals surface area (Å²) in [6.45, 7) is 0.425. The van der Waals surface area contributed by atoms with Crippen molar-refractivity contribution in [2.75, 3.05) is 4.72 Å². The zero-order chi connectivity index (χ0) is 14.6. The SMILES string of the molecule is NCc1ccc(CS(=O)(=O)Nc2ncccc2Cl)cc1. The molecule has 0 saturated heterocycles. The van der Waals surface area contributed by atoms with E-state index in [1.165, 1.54) is 6.20 Å². The van der Waals surface area contributed by atoms with Gasteiger partial charge < -0.3 is 5.73 Å². The van der Waals surface area contributed by atoms with Gasteiger partial charge >= 0.3 is 0 Å². The first-order valence-corrected chi connectivity index (χ1v) is 7.92. The fourth-order valence-corrected chi connectivity index (χ4v) is 3.02. The molecule has 3 N–H and O–H groups in total. The van der Waals surface area contributed by atoms with Crippen molar-refractivity contribution < 1.29 is 8.42 Å². The molecule has 0 saturated carbocycles. The van der Waals surface area contributed by atoms with Crippen molar-refractivity contribution in [1.82, 2.24) is 4.98 Å². The molecule has 0 aliphatic carbocycles. The lowest BCUT2D eigenvalue weighted by Gasteiger charge is -2.08. The van der Waals surface area contributed by atoms with Gasteiger partial charge in [0.1, 0.15) is 0 Å². The van der Waals surface area contributed by atoms with Gasteiger partial charge in [0.2, 0.25) is 10.0 Å². The van der Waals surface area contributed by atoms with E-state index in [1.807, 2.05) is 0 Å². The highest BCUT2D eigenvalue weighted by Crippen LogP contribution is 2.19. The van der Waals surface area contributed by atoms with Crippen LogP contribution in [0.4, 0.5) is 5.82 Å². The Hall–Kier alpha value is -1.63. The van der Waals surface area contributed by atoms with Crippen LogP contribution in [-0.2, 0) is 22.3 Å². The lowest BCUT2D eigenvalue weighted by molar-refractivity contribution is 0.600. The van der Waals surface area contributed by atoms with Crippen molar-refractivity contribution in [3.05, 3.63) is 58.7 Å². The Kier molecular flexibility index (Phi) is 4.59. The fourth-order valence-electron chi connectivity index (χ4n) is 1.64. The third kappa shape index (κ3) is 3.93. The summed E-state index contributed by atoms with van der Waals surface area (Å²) in [5, 5.41) is 0.259. The van der Waals surface area contributed by atoms with Crippen molar-refractivity contribution in [1.29, 1.82) is 0 Å². The summed E-state index contributed by atoms with van der Waals surface area (Å²) in [7, 11) is -3.56. The van der Waals surface area contributed by atoms with Crippen LogP contribution in [0.25, 0.3) is 0 Å². The molecule has 0 aliphatic heterocycles. The summed E-state index contributed by atoms with van der Waals surface area (Å²) in [4.78, 5) is 3.89. The topological polar surface area (TPSA) is 85.1 Å². The van der Waals surface area contributed by atoms with Crippen LogP contribution in [0, 0.1) is 0 Å². The molecule has 0 atom stereocenters. The number of hydrogen-bond acceptors (Lipinski definition) is 4. The first-order chi connectivity index (χ1) is 9.50. The standard InChI is InChI=1S/C13H14ClN3O2S/c14-12-2-1-7-16-13(12)17-20(18,19)9-11-5-3-10(8-15)4-6-11/h1-7H,8-9,15H2,(H,16,17). The number of sulfonamides is 1. The fraction of sp³-hybridized carbons (Fsp3) is 0.154. The predicted octanol–water partition coefficient (Wildman–Crippen LogP) is 2.14. The Morgan fingerprint density at radius 1 is 1.15 bits per heavy atom. The smallest absolute Gasteiger partial charge is 0.238 e. The highest BCUT2D eigenvalue weighted by atomic mass is 35.5.